The van der Waals surface area contributed by atoms with Gasteiger partial charge in [-0.05, 0) is 85.6 Å². The van der Waals surface area contributed by atoms with Gasteiger partial charge in [-0.15, -0.1) is 12.4 Å². The molecule has 2 aromatic carbocycles. The predicted molar refractivity (Wildman–Crippen MR) is 153 cm³/mol. The van der Waals surface area contributed by atoms with Gasteiger partial charge in [-0.25, -0.2) is 4.98 Å². The Balaban J connectivity index is 0.00000336. The number of nitrogens with zero attached hydrogens (tertiary/aromatic N) is 2. The summed E-state index contributed by atoms with van der Waals surface area (Å²) in [4.78, 5) is 32.0. The average Bonchev–Trinajstić information content (AvgIpc) is 2.92. The number of piperidine rings is 1. The Morgan fingerprint density at radius 3 is 2.79 bits per heavy atom. The van der Waals surface area contributed by atoms with Gasteiger partial charge in [-0.3, -0.25) is 9.59 Å². The molecule has 7 nitrogen and oxygen atoms in total. The summed E-state index contributed by atoms with van der Waals surface area (Å²) in [5, 5.41) is 18.1. The fraction of sp³-hybridized carbons (Fsp3) is 0.433. The van der Waals surface area contributed by atoms with Gasteiger partial charge < -0.3 is 20.6 Å². The van der Waals surface area contributed by atoms with E-state index in [0.29, 0.717) is 6.54 Å². The molecule has 2 atom stereocenters. The van der Waals surface area contributed by atoms with E-state index in [-0.39, 0.29) is 30.7 Å². The number of halogens is 1. The molecule has 0 aliphatic carbocycles. The number of pyridine rings is 1. The lowest BCUT2D eigenvalue weighted by molar-refractivity contribution is -0.138. The van der Waals surface area contributed by atoms with E-state index in [4.69, 9.17) is 4.98 Å². The first-order valence-electron chi connectivity index (χ1n) is 13.5. The van der Waals surface area contributed by atoms with Gasteiger partial charge in [-0.1, -0.05) is 42.5 Å². The van der Waals surface area contributed by atoms with Crippen LogP contribution < -0.4 is 10.6 Å². The Morgan fingerprint density at radius 1 is 1.11 bits per heavy atom. The van der Waals surface area contributed by atoms with Crippen LogP contribution in [0.3, 0.4) is 0 Å². The summed E-state index contributed by atoms with van der Waals surface area (Å²) in [6.45, 7) is 3.63. The van der Waals surface area contributed by atoms with Crippen LogP contribution in [-0.4, -0.2) is 53.0 Å². The molecule has 2 unspecified atom stereocenters. The van der Waals surface area contributed by atoms with E-state index in [1.807, 2.05) is 42.5 Å². The minimum absolute atomic E-state index is 0. The largest absolute Gasteiger partial charge is 0.481 e. The second kappa shape index (κ2) is 13.1. The molecule has 0 radical (unpaired) electrons. The third-order valence-electron chi connectivity index (χ3n) is 7.61. The van der Waals surface area contributed by atoms with Crippen LogP contribution in [0.2, 0.25) is 0 Å². The molecule has 3 aromatic rings. The number of hydrogen-bond acceptors (Lipinski definition) is 5. The van der Waals surface area contributed by atoms with Crippen LogP contribution in [0.25, 0.3) is 10.8 Å². The number of amides is 1. The molecule has 0 saturated carbocycles. The zero-order valence-corrected chi connectivity index (χ0v) is 22.5. The van der Waals surface area contributed by atoms with Crippen molar-refractivity contribution in [3.05, 3.63) is 71.4 Å². The number of fused-ring (bicyclic) bond motifs is 2. The molecule has 38 heavy (non-hydrogen) atoms. The molecule has 5 rings (SSSR count). The van der Waals surface area contributed by atoms with Crippen LogP contribution in [0.1, 0.15) is 55.0 Å². The number of carboxylic acids is 1. The van der Waals surface area contributed by atoms with E-state index < -0.39 is 12.0 Å². The van der Waals surface area contributed by atoms with Crippen molar-refractivity contribution in [2.45, 2.75) is 51.0 Å². The highest BCUT2D eigenvalue weighted by Crippen LogP contribution is 2.25. The van der Waals surface area contributed by atoms with E-state index in [0.717, 1.165) is 86.0 Å². The topological polar surface area (TPSA) is 94.6 Å². The Hall–Kier alpha value is -3.16. The van der Waals surface area contributed by atoms with E-state index in [1.165, 1.54) is 5.56 Å². The molecule has 8 heteroatoms. The number of benzene rings is 2. The van der Waals surface area contributed by atoms with Gasteiger partial charge in [0.1, 0.15) is 5.82 Å². The highest BCUT2D eigenvalue weighted by Gasteiger charge is 2.28. The van der Waals surface area contributed by atoms with Crippen molar-refractivity contribution in [3.8, 4) is 0 Å². The summed E-state index contributed by atoms with van der Waals surface area (Å²) < 4.78 is 0. The Morgan fingerprint density at radius 2 is 1.95 bits per heavy atom. The van der Waals surface area contributed by atoms with Gasteiger partial charge in [0.05, 0.1) is 18.4 Å². The van der Waals surface area contributed by atoms with Crippen LogP contribution in [0, 0.1) is 5.92 Å². The van der Waals surface area contributed by atoms with Gasteiger partial charge in [0, 0.05) is 18.8 Å². The van der Waals surface area contributed by atoms with Crippen LogP contribution >= 0.6 is 12.4 Å². The van der Waals surface area contributed by atoms with E-state index >= 15 is 0 Å². The highest BCUT2D eigenvalue weighted by atomic mass is 35.5. The van der Waals surface area contributed by atoms with Crippen LogP contribution in [0.4, 0.5) is 5.82 Å². The fourth-order valence-electron chi connectivity index (χ4n) is 5.61. The van der Waals surface area contributed by atoms with Gasteiger partial charge in [0.2, 0.25) is 5.91 Å². The first kappa shape index (κ1) is 27.9. The summed E-state index contributed by atoms with van der Waals surface area (Å²) in [5.74, 6) is -0.0568. The molecule has 1 aromatic heterocycles. The Bertz CT molecular complexity index is 1270. The van der Waals surface area contributed by atoms with Crippen LogP contribution in [0.5, 0.6) is 0 Å². The number of aryl methyl sites for hydroxylation is 2. The monoisotopic (exact) mass is 536 g/mol. The number of rotatable bonds is 9. The molecule has 2 aliphatic rings. The predicted octanol–water partition coefficient (Wildman–Crippen LogP) is 4.99. The molecular formula is C30H37ClN4O3. The number of carboxylic acid groups (broad SMARTS) is 1. The van der Waals surface area contributed by atoms with E-state index in [9.17, 15) is 14.7 Å². The maximum Gasteiger partial charge on any atom is 0.305 e. The summed E-state index contributed by atoms with van der Waals surface area (Å²) in [6.07, 6.45) is 5.85. The summed E-state index contributed by atoms with van der Waals surface area (Å²) >= 11 is 0. The standard InChI is InChI=1S/C30H36N4O3.ClH/c35-28(36)19-27(24-12-11-21-6-1-2-7-23(21)18-24)33-30(37)25-9-4-16-34(20-25)17-5-10-26-14-13-22-8-3-15-31-29(22)32-26;/h1-2,6-7,11-14,18,25,27H,3-5,8-10,15-17,19-20H2,(H,31,32)(H,33,37)(H,35,36);1H. The van der Waals surface area contributed by atoms with Gasteiger partial charge in [0.15, 0.2) is 0 Å². The lowest BCUT2D eigenvalue weighted by atomic mass is 9.94. The smallest absolute Gasteiger partial charge is 0.305 e. The average molecular weight is 537 g/mol. The second-order valence-electron chi connectivity index (χ2n) is 10.3. The highest BCUT2D eigenvalue weighted by molar-refractivity contribution is 5.85. The molecule has 0 spiro atoms. The van der Waals surface area contributed by atoms with Crippen molar-refractivity contribution in [2.24, 2.45) is 5.92 Å². The Kier molecular flexibility index (Phi) is 9.58. The third kappa shape index (κ3) is 7.03. The second-order valence-corrected chi connectivity index (χ2v) is 10.3. The molecule has 0 bridgehead atoms. The van der Waals surface area contributed by atoms with Crippen molar-refractivity contribution in [1.82, 2.24) is 15.2 Å². The summed E-state index contributed by atoms with van der Waals surface area (Å²) in [7, 11) is 0. The SMILES string of the molecule is Cl.O=C(O)CC(NC(=O)C1CCCN(CCCc2ccc3c(n2)NCCC3)C1)c1ccc2ccccc2c1. The first-order chi connectivity index (χ1) is 18.0. The number of aliphatic carboxylic acids is 1. The number of anilines is 1. The third-order valence-corrected chi connectivity index (χ3v) is 7.61. The molecule has 202 valence electrons. The van der Waals surface area contributed by atoms with Crippen molar-refractivity contribution in [1.29, 1.82) is 0 Å². The number of aromatic nitrogens is 1. The van der Waals surface area contributed by atoms with Crippen LogP contribution in [-0.2, 0) is 22.4 Å². The fourth-order valence-corrected chi connectivity index (χ4v) is 5.61. The quantitative estimate of drug-likeness (QED) is 0.356. The number of carbonyl (C=O) groups excluding carboxylic acids is 1. The van der Waals surface area contributed by atoms with Crippen LogP contribution in [0.15, 0.2) is 54.6 Å². The molecule has 1 saturated heterocycles. The minimum Gasteiger partial charge on any atom is -0.481 e. The van der Waals surface area contributed by atoms with Gasteiger partial charge in [-0.2, -0.15) is 0 Å². The van der Waals surface area contributed by atoms with Crippen molar-refractivity contribution < 1.29 is 14.7 Å². The van der Waals surface area contributed by atoms with Crippen molar-refractivity contribution >= 4 is 40.9 Å². The lowest BCUT2D eigenvalue weighted by Crippen LogP contribution is -2.44. The first-order valence-corrected chi connectivity index (χ1v) is 13.5. The Labute approximate surface area is 230 Å². The zero-order valence-electron chi connectivity index (χ0n) is 21.7. The maximum atomic E-state index is 13.3. The molecular weight excluding hydrogens is 500 g/mol. The molecule has 3 heterocycles. The number of nitrogens with one attached hydrogen (secondary N) is 2. The molecule has 2 aliphatic heterocycles. The summed E-state index contributed by atoms with van der Waals surface area (Å²) in [5.41, 5.74) is 3.25. The normalized spacial score (nSPS) is 18.1. The maximum absolute atomic E-state index is 13.3. The van der Waals surface area contributed by atoms with Crippen molar-refractivity contribution in [2.75, 3.05) is 31.5 Å². The summed E-state index contributed by atoms with van der Waals surface area (Å²) in [6, 6.07) is 17.7. The number of hydrogen-bond donors (Lipinski definition) is 3. The number of carbonyl (C=O) groups is 2. The minimum atomic E-state index is -0.922. The molecule has 1 amide bonds. The zero-order chi connectivity index (χ0) is 25.6. The molecule has 1 fully saturated rings. The van der Waals surface area contributed by atoms with E-state index in [1.54, 1.807) is 0 Å². The van der Waals surface area contributed by atoms with Crippen molar-refractivity contribution in [3.63, 3.8) is 0 Å². The van der Waals surface area contributed by atoms with E-state index in [2.05, 4.69) is 27.7 Å². The lowest BCUT2D eigenvalue weighted by Gasteiger charge is -2.33. The molecule has 3 N–H and O–H groups in total. The van der Waals surface area contributed by atoms with Gasteiger partial charge in [0.25, 0.3) is 0 Å². The number of likely N-dealkylation sites (tertiary alicyclic amines) is 1. The van der Waals surface area contributed by atoms with Gasteiger partial charge >= 0.3 is 5.97 Å².